The number of carbonyl (C=O) groups is 2. The van der Waals surface area contributed by atoms with Crippen LogP contribution in [0.15, 0.2) is 30.6 Å². The molecule has 0 saturated heterocycles. The van der Waals surface area contributed by atoms with Crippen LogP contribution >= 0.6 is 0 Å². The van der Waals surface area contributed by atoms with Crippen LogP contribution in [0.25, 0.3) is 11.4 Å². The maximum atomic E-state index is 13.0. The first-order chi connectivity index (χ1) is 16.6. The third kappa shape index (κ3) is 5.64. The van der Waals surface area contributed by atoms with Gasteiger partial charge in [-0.3, -0.25) is 14.3 Å². The van der Waals surface area contributed by atoms with Crippen LogP contribution in [0.1, 0.15) is 23.8 Å². The molecular weight excluding hydrogens is 445 g/mol. The third-order valence-corrected chi connectivity index (χ3v) is 5.52. The largest absolute Gasteiger partial charge is 0.494 e. The number of rotatable bonds is 8. The van der Waals surface area contributed by atoms with E-state index in [-0.39, 0.29) is 23.3 Å². The van der Waals surface area contributed by atoms with Gasteiger partial charge < -0.3 is 20.7 Å². The minimum Gasteiger partial charge on any atom is -0.494 e. The molecular formula is C21H27B3N8O3. The molecule has 1 aromatic carbocycles. The molecule has 3 aromatic rings. The number of nitrogens with zero attached hydrogens (tertiary/aromatic N) is 5. The maximum absolute atomic E-state index is 13.0. The second-order valence-corrected chi connectivity index (χ2v) is 9.76. The van der Waals surface area contributed by atoms with Gasteiger partial charge in [0.05, 0.1) is 24.0 Å². The number of anilines is 3. The normalized spacial score (nSPS) is 16.9. The molecule has 1 fully saturated rings. The van der Waals surface area contributed by atoms with Gasteiger partial charge >= 0.3 is 0 Å². The van der Waals surface area contributed by atoms with Crippen molar-refractivity contribution >= 4 is 52.5 Å². The van der Waals surface area contributed by atoms with Crippen molar-refractivity contribution < 1.29 is 14.3 Å². The van der Waals surface area contributed by atoms with Gasteiger partial charge in [0.25, 0.3) is 5.91 Å². The molecule has 1 aliphatic rings. The number of methoxy groups -OCH3 is 1. The van der Waals surface area contributed by atoms with E-state index in [1.807, 2.05) is 42.6 Å². The second kappa shape index (κ2) is 9.43. The Hall–Kier alpha value is -3.83. The molecule has 0 spiro atoms. The molecule has 0 bridgehead atoms. The molecule has 3 N–H and O–H groups in total. The van der Waals surface area contributed by atoms with Crippen LogP contribution in [0.5, 0.6) is 5.75 Å². The SMILES string of the molecule is BC(B)(B)NC(=O)c1nnc(NC(=O)C2CC2C)cc1Nc1cccc(-c2ncn(C)n2)c1OC. The van der Waals surface area contributed by atoms with Crippen molar-refractivity contribution in [2.75, 3.05) is 17.7 Å². The van der Waals surface area contributed by atoms with Crippen LogP contribution in [0.4, 0.5) is 17.2 Å². The molecule has 1 aliphatic carbocycles. The number of ether oxygens (including phenoxy) is 1. The second-order valence-electron chi connectivity index (χ2n) is 9.76. The van der Waals surface area contributed by atoms with Crippen LogP contribution in [-0.2, 0) is 11.8 Å². The van der Waals surface area contributed by atoms with E-state index in [0.717, 1.165) is 6.42 Å². The number of hydrogen-bond donors (Lipinski definition) is 3. The van der Waals surface area contributed by atoms with Gasteiger partial charge in [-0.05, 0) is 29.7 Å². The zero-order chi connectivity index (χ0) is 25.3. The summed E-state index contributed by atoms with van der Waals surface area (Å²) in [6.07, 6.45) is 2.45. The lowest BCUT2D eigenvalue weighted by molar-refractivity contribution is -0.117. The number of nitrogens with one attached hydrogen (secondary N) is 3. The first-order valence-corrected chi connectivity index (χ1v) is 11.4. The molecule has 11 nitrogen and oxygen atoms in total. The Morgan fingerprint density at radius 2 is 1.94 bits per heavy atom. The predicted octanol–water partition coefficient (Wildman–Crippen LogP) is -1.14. The van der Waals surface area contributed by atoms with Crippen LogP contribution in [0.3, 0.4) is 0 Å². The van der Waals surface area contributed by atoms with E-state index in [2.05, 4.69) is 36.2 Å². The van der Waals surface area contributed by atoms with E-state index in [1.165, 1.54) is 0 Å². The number of aryl methyl sites for hydroxylation is 1. The van der Waals surface area contributed by atoms with Gasteiger partial charge in [0.1, 0.15) is 29.9 Å². The van der Waals surface area contributed by atoms with Gasteiger partial charge in [0.2, 0.25) is 5.91 Å². The number of benzene rings is 1. The minimum atomic E-state index is -0.479. The van der Waals surface area contributed by atoms with Gasteiger partial charge in [0, 0.05) is 19.0 Å². The van der Waals surface area contributed by atoms with Crippen molar-refractivity contribution in [1.82, 2.24) is 30.3 Å². The highest BCUT2D eigenvalue weighted by Gasteiger charge is 2.39. The molecule has 0 radical (unpaired) electrons. The van der Waals surface area contributed by atoms with Crippen molar-refractivity contribution in [2.45, 2.75) is 18.6 Å². The molecule has 2 heterocycles. The topological polar surface area (TPSA) is 136 Å². The zero-order valence-corrected chi connectivity index (χ0v) is 20.7. The highest BCUT2D eigenvalue weighted by Crippen LogP contribution is 2.39. The summed E-state index contributed by atoms with van der Waals surface area (Å²) in [6.45, 7) is 2.03. The summed E-state index contributed by atoms with van der Waals surface area (Å²) in [7, 11) is 8.97. The van der Waals surface area contributed by atoms with E-state index < -0.39 is 11.1 Å². The zero-order valence-electron chi connectivity index (χ0n) is 20.7. The maximum Gasteiger partial charge on any atom is 0.272 e. The molecule has 2 amide bonds. The summed E-state index contributed by atoms with van der Waals surface area (Å²) in [5.41, 5.74) is 1.70. The lowest BCUT2D eigenvalue weighted by Gasteiger charge is -2.21. The van der Waals surface area contributed by atoms with Crippen molar-refractivity contribution in [2.24, 2.45) is 18.9 Å². The molecule has 1 saturated carbocycles. The fourth-order valence-electron chi connectivity index (χ4n) is 3.66. The van der Waals surface area contributed by atoms with E-state index in [0.29, 0.717) is 34.4 Å². The summed E-state index contributed by atoms with van der Waals surface area (Å²) in [5.74, 6) is 1.07. The Bertz CT molecular complexity index is 1280. The van der Waals surface area contributed by atoms with Gasteiger partial charge in [-0.15, -0.1) is 10.2 Å². The molecule has 35 heavy (non-hydrogen) atoms. The molecule has 0 aliphatic heterocycles. The van der Waals surface area contributed by atoms with Crippen LogP contribution in [0.2, 0.25) is 0 Å². The standard InChI is InChI=1S/C21H27B3N8O3/c1-10-7-12(10)19(33)27-15-8-14(16(30-29-15)20(34)28-21(22,23)24)26-13-6-4-5-11(17(13)35-3)18-25-9-32(2)31-18/h4-6,8-10,12H,7,22-24H2,1-3H3,(H,28,34)(H2,26,27,29,33). The van der Waals surface area contributed by atoms with Crippen molar-refractivity contribution in [3.05, 3.63) is 36.3 Å². The molecule has 178 valence electrons. The van der Waals surface area contributed by atoms with E-state index in [9.17, 15) is 9.59 Å². The van der Waals surface area contributed by atoms with Gasteiger partial charge in [-0.2, -0.15) is 5.10 Å². The van der Waals surface area contributed by atoms with Crippen LogP contribution in [0, 0.1) is 11.8 Å². The Balaban J connectivity index is 1.71. The highest BCUT2D eigenvalue weighted by molar-refractivity contribution is 6.60. The minimum absolute atomic E-state index is 0.0280. The van der Waals surface area contributed by atoms with Crippen molar-refractivity contribution in [3.8, 4) is 17.1 Å². The van der Waals surface area contributed by atoms with Gasteiger partial charge in [-0.1, -0.05) is 13.0 Å². The number of aromatic nitrogens is 5. The molecule has 2 atom stereocenters. The smallest absolute Gasteiger partial charge is 0.272 e. The number of para-hydroxylation sites is 1. The number of hydrogen-bond acceptors (Lipinski definition) is 8. The Labute approximate surface area is 206 Å². The van der Waals surface area contributed by atoms with Crippen molar-refractivity contribution in [3.63, 3.8) is 0 Å². The summed E-state index contributed by atoms with van der Waals surface area (Å²) in [5, 5.41) is 21.1. The summed E-state index contributed by atoms with van der Waals surface area (Å²) in [4.78, 5) is 29.8. The van der Waals surface area contributed by atoms with Crippen molar-refractivity contribution in [1.29, 1.82) is 0 Å². The third-order valence-electron chi connectivity index (χ3n) is 5.52. The summed E-state index contributed by atoms with van der Waals surface area (Å²) in [6, 6.07) is 7.08. The summed E-state index contributed by atoms with van der Waals surface area (Å²) >= 11 is 0. The quantitative estimate of drug-likeness (QED) is 0.351. The van der Waals surface area contributed by atoms with Gasteiger partial charge in [0.15, 0.2) is 23.1 Å². The molecule has 14 heteroatoms. The van der Waals surface area contributed by atoms with E-state index >= 15 is 0 Å². The fraction of sp³-hybridized carbons (Fsp3) is 0.333. The first kappa shape index (κ1) is 24.3. The molecule has 2 unspecified atom stereocenters. The Morgan fingerprint density at radius 3 is 2.54 bits per heavy atom. The van der Waals surface area contributed by atoms with Crippen LogP contribution in [-0.4, -0.2) is 72.7 Å². The highest BCUT2D eigenvalue weighted by atomic mass is 16.5. The fourth-order valence-corrected chi connectivity index (χ4v) is 3.66. The van der Waals surface area contributed by atoms with E-state index in [4.69, 9.17) is 4.74 Å². The van der Waals surface area contributed by atoms with Crippen LogP contribution < -0.4 is 20.7 Å². The lowest BCUT2D eigenvalue weighted by Crippen LogP contribution is -2.50. The molecule has 2 aromatic heterocycles. The molecule has 4 rings (SSSR count). The lowest BCUT2D eigenvalue weighted by atomic mass is 9.49. The first-order valence-electron chi connectivity index (χ1n) is 11.4. The average molecular weight is 472 g/mol. The monoisotopic (exact) mass is 472 g/mol. The van der Waals surface area contributed by atoms with E-state index in [1.54, 1.807) is 37.3 Å². The number of carbonyl (C=O) groups excluding carboxylic acids is 2. The Kier molecular flexibility index (Phi) is 6.55. The van der Waals surface area contributed by atoms with Gasteiger partial charge in [-0.25, -0.2) is 4.98 Å². The summed E-state index contributed by atoms with van der Waals surface area (Å²) < 4.78 is 7.28. The average Bonchev–Trinajstić information content (AvgIpc) is 3.36. The Morgan fingerprint density at radius 1 is 1.20 bits per heavy atom. The number of amides is 2. The predicted molar refractivity (Wildman–Crippen MR) is 140 cm³/mol.